The summed E-state index contributed by atoms with van der Waals surface area (Å²) in [5, 5.41) is 2.69. The highest BCUT2D eigenvalue weighted by Crippen LogP contribution is 2.24. The molecule has 0 bridgehead atoms. The molecular formula is C15H23N3O3S. The minimum absolute atomic E-state index is 0.250. The molecule has 0 spiro atoms. The van der Waals surface area contributed by atoms with E-state index in [2.05, 4.69) is 12.2 Å². The molecule has 22 heavy (non-hydrogen) atoms. The molecule has 1 aliphatic heterocycles. The lowest BCUT2D eigenvalue weighted by Gasteiger charge is -2.30. The summed E-state index contributed by atoms with van der Waals surface area (Å²) in [6, 6.07) is 6.06. The summed E-state index contributed by atoms with van der Waals surface area (Å²) in [6.45, 7) is 3.22. The number of anilines is 1. The minimum Gasteiger partial charge on any atom is -0.331 e. The molecule has 1 saturated heterocycles. The number of piperidine rings is 1. The zero-order chi connectivity index (χ0) is 16.3. The van der Waals surface area contributed by atoms with Gasteiger partial charge in [-0.25, -0.2) is 13.2 Å². The first-order valence-electron chi connectivity index (χ1n) is 7.39. The lowest BCUT2D eigenvalue weighted by atomic mass is 10.0. The second-order valence-electron chi connectivity index (χ2n) is 5.96. The number of amides is 2. The van der Waals surface area contributed by atoms with Gasteiger partial charge in [-0.05, 0) is 43.0 Å². The number of hydrogen-bond donors (Lipinski definition) is 1. The Morgan fingerprint density at radius 2 is 1.91 bits per heavy atom. The summed E-state index contributed by atoms with van der Waals surface area (Å²) in [6.07, 6.45) is 1.97. The number of urea groups is 1. The molecule has 1 heterocycles. The molecule has 122 valence electrons. The molecule has 1 aromatic carbocycles. The summed E-state index contributed by atoms with van der Waals surface area (Å²) in [5.74, 6) is 0.391. The van der Waals surface area contributed by atoms with Crippen LogP contribution in [0.2, 0.25) is 0 Å². The maximum Gasteiger partial charge on any atom is 0.321 e. The first kappa shape index (κ1) is 16.8. The van der Waals surface area contributed by atoms with Crippen molar-refractivity contribution in [1.29, 1.82) is 0 Å². The van der Waals surface area contributed by atoms with Gasteiger partial charge in [-0.15, -0.1) is 0 Å². The van der Waals surface area contributed by atoms with Gasteiger partial charge in [0, 0.05) is 32.9 Å². The van der Waals surface area contributed by atoms with Gasteiger partial charge >= 0.3 is 6.03 Å². The van der Waals surface area contributed by atoms with Crippen LogP contribution in [0, 0.1) is 5.92 Å². The molecule has 0 aromatic heterocycles. The summed E-state index contributed by atoms with van der Waals surface area (Å²) < 4.78 is 26.8. The molecule has 1 atom stereocenters. The van der Waals surface area contributed by atoms with E-state index in [1.54, 1.807) is 42.7 Å². The van der Waals surface area contributed by atoms with Crippen molar-refractivity contribution in [3.8, 4) is 0 Å². The number of sulfonamides is 1. The van der Waals surface area contributed by atoms with E-state index in [1.807, 2.05) is 0 Å². The number of rotatable bonds is 3. The molecular weight excluding hydrogens is 302 g/mol. The monoisotopic (exact) mass is 325 g/mol. The third kappa shape index (κ3) is 3.78. The quantitative estimate of drug-likeness (QED) is 0.926. The molecule has 1 N–H and O–H groups in total. The van der Waals surface area contributed by atoms with E-state index in [0.29, 0.717) is 24.7 Å². The second-order valence-corrected chi connectivity index (χ2v) is 7.90. The molecule has 1 aliphatic rings. The molecule has 1 aromatic rings. The lowest BCUT2D eigenvalue weighted by Crippen LogP contribution is -2.39. The fraction of sp³-hybridized carbons (Fsp3) is 0.533. The van der Waals surface area contributed by atoms with Gasteiger partial charge in [-0.3, -0.25) is 0 Å². The van der Waals surface area contributed by atoms with Gasteiger partial charge in [-0.1, -0.05) is 6.92 Å². The van der Waals surface area contributed by atoms with Gasteiger partial charge in [0.15, 0.2) is 0 Å². The normalized spacial score (nSPS) is 19.7. The zero-order valence-electron chi connectivity index (χ0n) is 13.2. The van der Waals surface area contributed by atoms with E-state index >= 15 is 0 Å². The van der Waals surface area contributed by atoms with Gasteiger partial charge < -0.3 is 10.2 Å². The van der Waals surface area contributed by atoms with Crippen LogP contribution in [-0.2, 0) is 10.0 Å². The van der Waals surface area contributed by atoms with Crippen molar-refractivity contribution in [2.45, 2.75) is 24.7 Å². The van der Waals surface area contributed by atoms with E-state index in [1.165, 1.54) is 4.90 Å². The van der Waals surface area contributed by atoms with Crippen LogP contribution in [0.1, 0.15) is 19.8 Å². The third-order valence-corrected chi connectivity index (χ3v) is 5.65. The van der Waals surface area contributed by atoms with Crippen LogP contribution in [0.25, 0.3) is 0 Å². The van der Waals surface area contributed by atoms with Gasteiger partial charge in [0.2, 0.25) is 10.0 Å². The Morgan fingerprint density at radius 3 is 2.45 bits per heavy atom. The van der Waals surface area contributed by atoms with Gasteiger partial charge in [0.1, 0.15) is 0 Å². The van der Waals surface area contributed by atoms with Crippen molar-refractivity contribution in [1.82, 2.24) is 9.21 Å². The Bertz CT molecular complexity index is 626. The number of benzene rings is 1. The van der Waals surface area contributed by atoms with E-state index in [9.17, 15) is 13.2 Å². The highest BCUT2D eigenvalue weighted by atomic mass is 32.2. The lowest BCUT2D eigenvalue weighted by molar-refractivity contribution is 0.230. The van der Waals surface area contributed by atoms with Crippen molar-refractivity contribution >= 4 is 21.7 Å². The Morgan fingerprint density at radius 1 is 1.27 bits per heavy atom. The maximum atomic E-state index is 12.6. The number of hydrogen-bond acceptors (Lipinski definition) is 3. The van der Waals surface area contributed by atoms with Gasteiger partial charge in [0.25, 0.3) is 0 Å². The first-order valence-corrected chi connectivity index (χ1v) is 8.83. The molecule has 0 saturated carbocycles. The Balaban J connectivity index is 2.13. The van der Waals surface area contributed by atoms with E-state index in [0.717, 1.165) is 12.8 Å². The molecule has 7 heteroatoms. The highest BCUT2D eigenvalue weighted by molar-refractivity contribution is 7.89. The molecule has 6 nitrogen and oxygen atoms in total. The number of nitrogens with zero attached hydrogens (tertiary/aromatic N) is 2. The predicted octanol–water partition coefficient (Wildman–Crippen LogP) is 2.20. The third-order valence-electron chi connectivity index (χ3n) is 3.77. The Labute approximate surface area is 132 Å². The van der Waals surface area contributed by atoms with Crippen molar-refractivity contribution in [2.24, 2.45) is 5.92 Å². The summed E-state index contributed by atoms with van der Waals surface area (Å²) in [5.41, 5.74) is 0.574. The Hall–Kier alpha value is -1.60. The summed E-state index contributed by atoms with van der Waals surface area (Å²) in [7, 11) is -0.157. The Kier molecular flexibility index (Phi) is 5.08. The van der Waals surface area contributed by atoms with Crippen molar-refractivity contribution in [3.05, 3.63) is 24.3 Å². The van der Waals surface area contributed by atoms with Crippen LogP contribution < -0.4 is 5.32 Å². The largest absolute Gasteiger partial charge is 0.331 e. The van der Waals surface area contributed by atoms with Gasteiger partial charge in [-0.2, -0.15) is 4.31 Å². The van der Waals surface area contributed by atoms with Crippen molar-refractivity contribution < 1.29 is 13.2 Å². The fourth-order valence-electron chi connectivity index (χ4n) is 2.46. The minimum atomic E-state index is -3.45. The molecule has 1 fully saturated rings. The number of carbonyl (C=O) groups excluding carboxylic acids is 1. The van der Waals surface area contributed by atoms with Gasteiger partial charge in [0.05, 0.1) is 4.90 Å². The predicted molar refractivity (Wildman–Crippen MR) is 86.3 cm³/mol. The number of carbonyl (C=O) groups is 1. The van der Waals surface area contributed by atoms with Crippen molar-refractivity contribution in [3.63, 3.8) is 0 Å². The standard InChI is InChI=1S/C15H23N3O3S/c1-12-5-4-10-18(11-12)22(20,21)14-8-6-13(7-9-14)16-15(19)17(2)3/h6-9,12H,4-5,10-11H2,1-3H3,(H,16,19). The van der Waals surface area contributed by atoms with Crippen LogP contribution in [0.4, 0.5) is 10.5 Å². The smallest absolute Gasteiger partial charge is 0.321 e. The summed E-state index contributed by atoms with van der Waals surface area (Å²) >= 11 is 0. The van der Waals surface area contributed by atoms with Crippen LogP contribution in [0.5, 0.6) is 0 Å². The second kappa shape index (κ2) is 6.66. The fourth-order valence-corrected chi connectivity index (χ4v) is 4.06. The molecule has 1 unspecified atom stereocenters. The molecule has 0 aliphatic carbocycles. The van der Waals surface area contributed by atoms with Crippen LogP contribution in [-0.4, -0.2) is 50.8 Å². The topological polar surface area (TPSA) is 69.7 Å². The maximum absolute atomic E-state index is 12.6. The van der Waals surface area contributed by atoms with E-state index < -0.39 is 10.0 Å². The average Bonchev–Trinajstić information content (AvgIpc) is 2.47. The summed E-state index contributed by atoms with van der Waals surface area (Å²) in [4.78, 5) is 13.3. The molecule has 2 amide bonds. The molecule has 2 rings (SSSR count). The van der Waals surface area contributed by atoms with Crippen LogP contribution >= 0.6 is 0 Å². The van der Waals surface area contributed by atoms with Crippen LogP contribution in [0.15, 0.2) is 29.2 Å². The first-order chi connectivity index (χ1) is 10.3. The van der Waals surface area contributed by atoms with Crippen LogP contribution in [0.3, 0.4) is 0 Å². The molecule has 0 radical (unpaired) electrons. The average molecular weight is 325 g/mol. The highest BCUT2D eigenvalue weighted by Gasteiger charge is 2.28. The van der Waals surface area contributed by atoms with E-state index in [4.69, 9.17) is 0 Å². The number of nitrogens with one attached hydrogen (secondary N) is 1. The van der Waals surface area contributed by atoms with E-state index in [-0.39, 0.29) is 10.9 Å². The van der Waals surface area contributed by atoms with Crippen molar-refractivity contribution in [2.75, 3.05) is 32.5 Å². The zero-order valence-corrected chi connectivity index (χ0v) is 14.1. The SMILES string of the molecule is CC1CCCN(S(=O)(=O)c2ccc(NC(=O)N(C)C)cc2)C1.